The lowest BCUT2D eigenvalue weighted by Crippen LogP contribution is -2.39. The van der Waals surface area contributed by atoms with Crippen molar-refractivity contribution in [3.8, 4) is 0 Å². The molecule has 1 fully saturated rings. The molecule has 1 unspecified atom stereocenters. The fourth-order valence-electron chi connectivity index (χ4n) is 4.78. The summed E-state index contributed by atoms with van der Waals surface area (Å²) in [5, 5.41) is 2.80. The van der Waals surface area contributed by atoms with Gasteiger partial charge in [-0.3, -0.25) is 4.79 Å². The van der Waals surface area contributed by atoms with Crippen molar-refractivity contribution in [3.63, 3.8) is 0 Å². The number of fused-ring (bicyclic) bond motifs is 2. The lowest BCUT2D eigenvalue weighted by molar-refractivity contribution is -0.110. The van der Waals surface area contributed by atoms with Gasteiger partial charge in [0.25, 0.3) is 5.91 Å². The van der Waals surface area contributed by atoms with E-state index in [4.69, 9.17) is 10.5 Å². The molecule has 3 heterocycles. The molecule has 5 nitrogen and oxygen atoms in total. The lowest BCUT2D eigenvalue weighted by atomic mass is 9.96. The molecule has 0 aromatic heterocycles. The maximum atomic E-state index is 13.8. The third kappa shape index (κ3) is 3.50. The minimum Gasteiger partial charge on any atom is -0.487 e. The molecule has 156 valence electrons. The Bertz CT molecular complexity index is 1030. The summed E-state index contributed by atoms with van der Waals surface area (Å²) in [5.74, 6) is 0.542. The largest absolute Gasteiger partial charge is 0.487 e. The first-order chi connectivity index (χ1) is 14.6. The van der Waals surface area contributed by atoms with Crippen molar-refractivity contribution in [2.24, 2.45) is 11.7 Å². The van der Waals surface area contributed by atoms with Crippen LogP contribution in [0.3, 0.4) is 0 Å². The van der Waals surface area contributed by atoms with Gasteiger partial charge in [0.1, 0.15) is 18.2 Å². The normalized spacial score (nSPS) is 23.1. The summed E-state index contributed by atoms with van der Waals surface area (Å²) in [6.07, 6.45) is 3.44. The molecular formula is C24H26FN3O2. The van der Waals surface area contributed by atoms with E-state index in [1.165, 1.54) is 30.5 Å². The maximum absolute atomic E-state index is 13.8. The van der Waals surface area contributed by atoms with Gasteiger partial charge < -0.3 is 20.7 Å². The molecule has 0 saturated carbocycles. The number of carbonyl (C=O) groups is 1. The number of benzene rings is 2. The first-order valence-electron chi connectivity index (χ1n) is 10.7. The fraction of sp³-hybridized carbons (Fsp3) is 0.375. The average Bonchev–Trinajstić information content (AvgIpc) is 3.31. The van der Waals surface area contributed by atoms with E-state index in [1.54, 1.807) is 6.07 Å². The van der Waals surface area contributed by atoms with Crippen molar-refractivity contribution in [2.75, 3.05) is 31.5 Å². The van der Waals surface area contributed by atoms with Crippen molar-refractivity contribution in [1.82, 2.24) is 4.90 Å². The summed E-state index contributed by atoms with van der Waals surface area (Å²) in [6.45, 7) is 4.46. The SMILES string of the molecule is NCC1CCCN(CCc2ccc3c(c2)COC3=C2C(=O)Nc3ccc(F)cc32)C1. The van der Waals surface area contributed by atoms with E-state index in [0.717, 1.165) is 43.7 Å². The van der Waals surface area contributed by atoms with Gasteiger partial charge in [-0.15, -0.1) is 0 Å². The van der Waals surface area contributed by atoms with E-state index in [-0.39, 0.29) is 11.7 Å². The van der Waals surface area contributed by atoms with Crippen LogP contribution in [0.25, 0.3) is 11.3 Å². The van der Waals surface area contributed by atoms with Gasteiger partial charge in [0.05, 0.1) is 5.57 Å². The molecule has 3 aliphatic rings. The average molecular weight is 407 g/mol. The van der Waals surface area contributed by atoms with E-state index < -0.39 is 0 Å². The molecule has 5 rings (SSSR count). The molecule has 2 aromatic rings. The van der Waals surface area contributed by atoms with Crippen LogP contribution in [0.4, 0.5) is 10.1 Å². The van der Waals surface area contributed by atoms with Crippen molar-refractivity contribution in [2.45, 2.75) is 25.9 Å². The van der Waals surface area contributed by atoms with Gasteiger partial charge in [-0.2, -0.15) is 0 Å². The molecule has 2 aromatic carbocycles. The Balaban J connectivity index is 1.37. The highest BCUT2D eigenvalue weighted by molar-refractivity contribution is 6.36. The molecular weight excluding hydrogens is 381 g/mol. The molecule has 6 heteroatoms. The number of rotatable bonds is 4. The molecule has 0 spiro atoms. The predicted octanol–water partition coefficient (Wildman–Crippen LogP) is 3.39. The Labute approximate surface area is 175 Å². The first kappa shape index (κ1) is 19.3. The number of nitrogens with zero attached hydrogens (tertiary/aromatic N) is 1. The van der Waals surface area contributed by atoms with Gasteiger partial charge >= 0.3 is 0 Å². The van der Waals surface area contributed by atoms with Crippen molar-refractivity contribution >= 4 is 22.9 Å². The van der Waals surface area contributed by atoms with Gasteiger partial charge in [-0.25, -0.2) is 4.39 Å². The molecule has 1 amide bonds. The number of piperidine rings is 1. The predicted molar refractivity (Wildman–Crippen MR) is 115 cm³/mol. The molecule has 30 heavy (non-hydrogen) atoms. The molecule has 3 aliphatic heterocycles. The van der Waals surface area contributed by atoms with Crippen LogP contribution in [0, 0.1) is 11.7 Å². The topological polar surface area (TPSA) is 67.6 Å². The highest BCUT2D eigenvalue weighted by Crippen LogP contribution is 2.42. The smallest absolute Gasteiger partial charge is 0.260 e. The van der Waals surface area contributed by atoms with Gasteiger partial charge in [0.2, 0.25) is 0 Å². The zero-order valence-corrected chi connectivity index (χ0v) is 16.9. The Hall–Kier alpha value is -2.70. The Morgan fingerprint density at radius 1 is 1.20 bits per heavy atom. The quantitative estimate of drug-likeness (QED) is 0.763. The van der Waals surface area contributed by atoms with Crippen LogP contribution in [0.2, 0.25) is 0 Å². The highest BCUT2D eigenvalue weighted by Gasteiger charge is 2.32. The minimum absolute atomic E-state index is 0.248. The van der Waals surface area contributed by atoms with Gasteiger partial charge in [-0.05, 0) is 62.0 Å². The van der Waals surface area contributed by atoms with E-state index in [0.29, 0.717) is 35.1 Å². The second-order valence-electron chi connectivity index (χ2n) is 8.42. The number of hydrogen-bond donors (Lipinski definition) is 2. The second-order valence-corrected chi connectivity index (χ2v) is 8.42. The van der Waals surface area contributed by atoms with Crippen LogP contribution in [-0.2, 0) is 22.6 Å². The van der Waals surface area contributed by atoms with Crippen molar-refractivity contribution < 1.29 is 13.9 Å². The number of nitrogens with two attached hydrogens (primary N) is 1. The number of nitrogens with one attached hydrogen (secondary N) is 1. The van der Waals surface area contributed by atoms with Crippen LogP contribution < -0.4 is 11.1 Å². The second kappa shape index (κ2) is 7.85. The highest BCUT2D eigenvalue weighted by atomic mass is 19.1. The number of amides is 1. The maximum Gasteiger partial charge on any atom is 0.260 e. The monoisotopic (exact) mass is 407 g/mol. The first-order valence-corrected chi connectivity index (χ1v) is 10.7. The van der Waals surface area contributed by atoms with Crippen LogP contribution >= 0.6 is 0 Å². The number of likely N-dealkylation sites (tertiary alicyclic amines) is 1. The molecule has 1 atom stereocenters. The molecule has 0 aliphatic carbocycles. The van der Waals surface area contributed by atoms with Gasteiger partial charge in [0.15, 0.2) is 0 Å². The third-order valence-corrected chi connectivity index (χ3v) is 6.39. The van der Waals surface area contributed by atoms with E-state index >= 15 is 0 Å². The molecule has 1 saturated heterocycles. The van der Waals surface area contributed by atoms with E-state index in [9.17, 15) is 9.18 Å². The van der Waals surface area contributed by atoms with Crippen LogP contribution in [0.15, 0.2) is 36.4 Å². The molecule has 3 N–H and O–H groups in total. The Morgan fingerprint density at radius 3 is 2.97 bits per heavy atom. The van der Waals surface area contributed by atoms with Crippen molar-refractivity contribution in [1.29, 1.82) is 0 Å². The molecule has 0 bridgehead atoms. The Morgan fingerprint density at radius 2 is 2.10 bits per heavy atom. The summed E-state index contributed by atoms with van der Waals surface area (Å²) in [5.41, 5.74) is 10.7. The minimum atomic E-state index is -0.369. The standard InChI is InChI=1S/C24H26FN3O2/c25-18-4-6-21-20(11-18)22(24(29)27-21)23-19-5-3-15(10-17(19)14-30-23)7-9-28-8-1-2-16(12-26)13-28/h3-6,10-11,16H,1-2,7-9,12-14,26H2,(H,27,29). The van der Waals surface area contributed by atoms with E-state index in [2.05, 4.69) is 22.3 Å². The fourth-order valence-corrected chi connectivity index (χ4v) is 4.78. The summed E-state index contributed by atoms with van der Waals surface area (Å²) in [7, 11) is 0. The zero-order chi connectivity index (χ0) is 20.7. The number of carbonyl (C=O) groups excluding carboxylic acids is 1. The number of anilines is 1. The van der Waals surface area contributed by atoms with Gasteiger partial charge in [-0.1, -0.05) is 18.2 Å². The lowest BCUT2D eigenvalue weighted by Gasteiger charge is -2.32. The number of hydrogen-bond acceptors (Lipinski definition) is 4. The van der Waals surface area contributed by atoms with Gasteiger partial charge in [0, 0.05) is 35.5 Å². The summed E-state index contributed by atoms with van der Waals surface area (Å²) in [6, 6.07) is 10.6. The summed E-state index contributed by atoms with van der Waals surface area (Å²) >= 11 is 0. The van der Waals surface area contributed by atoms with Crippen LogP contribution in [0.5, 0.6) is 0 Å². The third-order valence-electron chi connectivity index (χ3n) is 6.39. The summed E-state index contributed by atoms with van der Waals surface area (Å²) < 4.78 is 19.7. The number of ether oxygens (including phenoxy) is 1. The number of halogens is 1. The molecule has 0 radical (unpaired) electrons. The summed E-state index contributed by atoms with van der Waals surface area (Å²) in [4.78, 5) is 15.1. The Kier molecular flexibility index (Phi) is 5.05. The zero-order valence-electron chi connectivity index (χ0n) is 16.9. The van der Waals surface area contributed by atoms with E-state index in [1.807, 2.05) is 6.07 Å². The van der Waals surface area contributed by atoms with Crippen molar-refractivity contribution in [3.05, 3.63) is 64.5 Å². The van der Waals surface area contributed by atoms with Crippen LogP contribution in [0.1, 0.15) is 35.1 Å². The van der Waals surface area contributed by atoms with Crippen LogP contribution in [-0.4, -0.2) is 37.0 Å².